The van der Waals surface area contributed by atoms with Crippen molar-refractivity contribution in [3.63, 3.8) is 0 Å². The van der Waals surface area contributed by atoms with Gasteiger partial charge in [-0.25, -0.2) is 4.98 Å². The molecule has 0 fully saturated rings. The highest BCUT2D eigenvalue weighted by molar-refractivity contribution is 5.92. The third-order valence-corrected chi connectivity index (χ3v) is 2.82. The number of furan rings is 1. The first kappa shape index (κ1) is 13.1. The van der Waals surface area contributed by atoms with Gasteiger partial charge in [-0.3, -0.25) is 4.79 Å². The molecule has 5 nitrogen and oxygen atoms in total. The summed E-state index contributed by atoms with van der Waals surface area (Å²) in [6, 6.07) is 7.03. The first-order valence-electron chi connectivity index (χ1n) is 6.11. The molecule has 0 bridgehead atoms. The third kappa shape index (κ3) is 3.13. The summed E-state index contributed by atoms with van der Waals surface area (Å²) in [6.07, 6.45) is 1.62. The normalized spacial score (nSPS) is 11.9. The second-order valence-electron chi connectivity index (χ2n) is 4.33. The average Bonchev–Trinajstić information content (AvgIpc) is 2.85. The van der Waals surface area contributed by atoms with Gasteiger partial charge in [0.25, 0.3) is 5.91 Å². The van der Waals surface area contributed by atoms with E-state index in [0.717, 1.165) is 17.2 Å². The number of carbonyl (C=O) groups excluding carboxylic acids is 1. The van der Waals surface area contributed by atoms with E-state index in [0.29, 0.717) is 5.69 Å². The van der Waals surface area contributed by atoms with Crippen LogP contribution in [-0.2, 0) is 0 Å². The number of carbonyl (C=O) groups is 1. The van der Waals surface area contributed by atoms with Crippen LogP contribution in [0.5, 0.6) is 0 Å². The standard InChI is InChI=1S/C14H17N3O2/c1-9-4-7-13(19-9)10(2)17-14(18)12-6-5-11(15-3)8-16-12/h4-8,10,15H,1-3H3,(H,17,18). The fourth-order valence-electron chi connectivity index (χ4n) is 1.70. The minimum absolute atomic E-state index is 0.188. The van der Waals surface area contributed by atoms with Gasteiger partial charge >= 0.3 is 0 Å². The van der Waals surface area contributed by atoms with Crippen molar-refractivity contribution in [2.45, 2.75) is 19.9 Å². The van der Waals surface area contributed by atoms with Crippen molar-refractivity contribution in [1.29, 1.82) is 0 Å². The van der Waals surface area contributed by atoms with Gasteiger partial charge in [-0.2, -0.15) is 0 Å². The van der Waals surface area contributed by atoms with Gasteiger partial charge in [0, 0.05) is 7.05 Å². The minimum Gasteiger partial charge on any atom is -0.464 e. The summed E-state index contributed by atoms with van der Waals surface area (Å²) < 4.78 is 5.47. The number of nitrogens with one attached hydrogen (secondary N) is 2. The van der Waals surface area contributed by atoms with E-state index >= 15 is 0 Å². The molecule has 0 saturated carbocycles. The van der Waals surface area contributed by atoms with Crippen molar-refractivity contribution in [3.05, 3.63) is 47.7 Å². The number of aromatic nitrogens is 1. The lowest BCUT2D eigenvalue weighted by atomic mass is 10.2. The SMILES string of the molecule is CNc1ccc(C(=O)NC(C)c2ccc(C)o2)nc1. The molecule has 0 aromatic carbocycles. The number of anilines is 1. The molecular formula is C14H17N3O2. The summed E-state index contributed by atoms with van der Waals surface area (Å²) in [7, 11) is 1.80. The van der Waals surface area contributed by atoms with E-state index in [2.05, 4.69) is 15.6 Å². The highest BCUT2D eigenvalue weighted by atomic mass is 16.3. The van der Waals surface area contributed by atoms with Crippen LogP contribution in [0.15, 0.2) is 34.9 Å². The Morgan fingerprint density at radius 1 is 1.32 bits per heavy atom. The van der Waals surface area contributed by atoms with Gasteiger partial charge in [0.1, 0.15) is 17.2 Å². The molecule has 1 atom stereocenters. The van der Waals surface area contributed by atoms with E-state index < -0.39 is 0 Å². The Hall–Kier alpha value is -2.30. The molecule has 0 aliphatic carbocycles. The van der Waals surface area contributed by atoms with Gasteiger partial charge in [-0.1, -0.05) is 0 Å². The Balaban J connectivity index is 2.03. The number of amides is 1. The Kier molecular flexibility index (Phi) is 3.85. The Morgan fingerprint density at radius 3 is 2.63 bits per heavy atom. The van der Waals surface area contributed by atoms with Crippen molar-refractivity contribution in [1.82, 2.24) is 10.3 Å². The summed E-state index contributed by atoms with van der Waals surface area (Å²) in [5, 5.41) is 5.80. The average molecular weight is 259 g/mol. The largest absolute Gasteiger partial charge is 0.464 e. The number of nitrogens with zero attached hydrogens (tertiary/aromatic N) is 1. The summed E-state index contributed by atoms with van der Waals surface area (Å²) >= 11 is 0. The second-order valence-corrected chi connectivity index (χ2v) is 4.33. The molecular weight excluding hydrogens is 242 g/mol. The third-order valence-electron chi connectivity index (χ3n) is 2.82. The zero-order valence-electron chi connectivity index (χ0n) is 11.2. The van der Waals surface area contributed by atoms with Gasteiger partial charge in [-0.05, 0) is 38.1 Å². The zero-order valence-corrected chi connectivity index (χ0v) is 11.2. The van der Waals surface area contributed by atoms with E-state index in [1.165, 1.54) is 0 Å². The molecule has 2 aromatic heterocycles. The Morgan fingerprint density at radius 2 is 2.11 bits per heavy atom. The lowest BCUT2D eigenvalue weighted by molar-refractivity contribution is 0.0930. The fourth-order valence-corrected chi connectivity index (χ4v) is 1.70. The van der Waals surface area contributed by atoms with Crippen molar-refractivity contribution < 1.29 is 9.21 Å². The quantitative estimate of drug-likeness (QED) is 0.885. The van der Waals surface area contributed by atoms with Crippen LogP contribution in [0.2, 0.25) is 0 Å². The second kappa shape index (κ2) is 5.56. The van der Waals surface area contributed by atoms with Gasteiger partial charge in [-0.15, -0.1) is 0 Å². The first-order chi connectivity index (χ1) is 9.10. The number of aryl methyl sites for hydroxylation is 1. The number of pyridine rings is 1. The van der Waals surface area contributed by atoms with Crippen LogP contribution >= 0.6 is 0 Å². The van der Waals surface area contributed by atoms with Crippen molar-refractivity contribution in [2.75, 3.05) is 12.4 Å². The lowest BCUT2D eigenvalue weighted by Crippen LogP contribution is -2.27. The summed E-state index contributed by atoms with van der Waals surface area (Å²) in [5.41, 5.74) is 1.25. The van der Waals surface area contributed by atoms with Crippen molar-refractivity contribution >= 4 is 11.6 Å². The van der Waals surface area contributed by atoms with Gasteiger partial charge in [0.2, 0.25) is 0 Å². The highest BCUT2D eigenvalue weighted by Crippen LogP contribution is 2.16. The van der Waals surface area contributed by atoms with Crippen LogP contribution < -0.4 is 10.6 Å². The van der Waals surface area contributed by atoms with Crippen LogP contribution in [0.4, 0.5) is 5.69 Å². The number of rotatable bonds is 4. The molecule has 2 N–H and O–H groups in total. The van der Waals surface area contributed by atoms with E-state index in [-0.39, 0.29) is 11.9 Å². The maximum Gasteiger partial charge on any atom is 0.270 e. The molecule has 100 valence electrons. The number of hydrogen-bond donors (Lipinski definition) is 2. The van der Waals surface area contributed by atoms with Crippen LogP contribution in [0.1, 0.15) is 35.0 Å². The minimum atomic E-state index is -0.218. The van der Waals surface area contributed by atoms with Crippen LogP contribution in [0, 0.1) is 6.92 Å². The molecule has 2 aromatic rings. The zero-order chi connectivity index (χ0) is 13.8. The molecule has 1 unspecified atom stereocenters. The molecule has 19 heavy (non-hydrogen) atoms. The summed E-state index contributed by atoms with van der Waals surface area (Å²) in [6.45, 7) is 3.74. The van der Waals surface area contributed by atoms with E-state index in [4.69, 9.17) is 4.42 Å². The van der Waals surface area contributed by atoms with Gasteiger partial charge < -0.3 is 15.1 Å². The van der Waals surface area contributed by atoms with E-state index in [9.17, 15) is 4.79 Å². The smallest absolute Gasteiger partial charge is 0.270 e. The summed E-state index contributed by atoms with van der Waals surface area (Å²) in [5.74, 6) is 1.34. The maximum atomic E-state index is 12.0. The van der Waals surface area contributed by atoms with Crippen LogP contribution in [0.3, 0.4) is 0 Å². The van der Waals surface area contributed by atoms with E-state index in [1.807, 2.05) is 32.0 Å². The molecule has 2 heterocycles. The molecule has 0 aliphatic heterocycles. The molecule has 0 saturated heterocycles. The van der Waals surface area contributed by atoms with Crippen molar-refractivity contribution in [2.24, 2.45) is 0 Å². The summed E-state index contributed by atoms with van der Waals surface area (Å²) in [4.78, 5) is 16.1. The molecule has 0 radical (unpaired) electrons. The topological polar surface area (TPSA) is 67.2 Å². The Labute approximate surface area is 112 Å². The number of hydrogen-bond acceptors (Lipinski definition) is 4. The van der Waals surface area contributed by atoms with Gasteiger partial charge in [0.05, 0.1) is 17.9 Å². The Bertz CT molecular complexity index is 560. The monoisotopic (exact) mass is 259 g/mol. The molecule has 0 spiro atoms. The van der Waals surface area contributed by atoms with Crippen LogP contribution in [0.25, 0.3) is 0 Å². The fraction of sp³-hybridized carbons (Fsp3) is 0.286. The first-order valence-corrected chi connectivity index (χ1v) is 6.11. The lowest BCUT2D eigenvalue weighted by Gasteiger charge is -2.11. The predicted octanol–water partition coefficient (Wildman–Crippen LogP) is 2.52. The molecule has 1 amide bonds. The highest BCUT2D eigenvalue weighted by Gasteiger charge is 2.14. The van der Waals surface area contributed by atoms with Gasteiger partial charge in [0.15, 0.2) is 0 Å². The van der Waals surface area contributed by atoms with Crippen molar-refractivity contribution in [3.8, 4) is 0 Å². The maximum absolute atomic E-state index is 12.0. The molecule has 2 rings (SSSR count). The molecule has 5 heteroatoms. The van der Waals surface area contributed by atoms with E-state index in [1.54, 1.807) is 19.3 Å². The molecule has 0 aliphatic rings. The van der Waals surface area contributed by atoms with Crippen LogP contribution in [-0.4, -0.2) is 17.9 Å². The predicted molar refractivity (Wildman–Crippen MR) is 73.1 cm³/mol.